The van der Waals surface area contributed by atoms with E-state index in [2.05, 4.69) is 4.98 Å². The molecule has 4 heterocycles. The molecule has 0 spiro atoms. The zero-order valence-electron chi connectivity index (χ0n) is 20.3. The van der Waals surface area contributed by atoms with Crippen LogP contribution < -0.4 is 10.3 Å². The maximum absolute atomic E-state index is 13.0. The zero-order valence-corrected chi connectivity index (χ0v) is 21.1. The minimum Gasteiger partial charge on any atom is -0.487 e. The number of carbonyl (C=O) groups is 1. The maximum atomic E-state index is 13.0. The normalized spacial score (nSPS) is 13.5. The fourth-order valence-electron chi connectivity index (χ4n) is 4.13. The van der Waals surface area contributed by atoms with Gasteiger partial charge in [-0.25, -0.2) is 9.18 Å². The second-order valence-corrected chi connectivity index (χ2v) is 10.8. The highest BCUT2D eigenvalue weighted by atomic mass is 32.1. The lowest BCUT2D eigenvalue weighted by atomic mass is 10.0. The number of hydrogen-bond acceptors (Lipinski definition) is 6. The zero-order chi connectivity index (χ0) is 25.4. The first-order chi connectivity index (χ1) is 17.2. The van der Waals surface area contributed by atoms with Crippen LogP contribution in [0.25, 0.3) is 15.8 Å². The number of hydrogen-bond donors (Lipinski definition) is 0. The lowest BCUT2D eigenvalue weighted by molar-refractivity contribution is 0.0227. The van der Waals surface area contributed by atoms with Crippen LogP contribution in [0.2, 0.25) is 0 Å². The van der Waals surface area contributed by atoms with E-state index in [4.69, 9.17) is 9.47 Å². The van der Waals surface area contributed by atoms with E-state index in [-0.39, 0.29) is 18.3 Å². The number of amides is 1. The molecule has 1 aliphatic heterocycles. The van der Waals surface area contributed by atoms with Crippen molar-refractivity contribution >= 4 is 27.5 Å². The Bertz CT molecular complexity index is 1490. The van der Waals surface area contributed by atoms with Crippen LogP contribution >= 0.6 is 11.3 Å². The number of carbonyl (C=O) groups excluding carboxylic acids is 1. The molecule has 0 saturated heterocycles. The van der Waals surface area contributed by atoms with Crippen molar-refractivity contribution in [2.24, 2.45) is 0 Å². The van der Waals surface area contributed by atoms with Gasteiger partial charge in [-0.05, 0) is 74.5 Å². The average Bonchev–Trinajstić information content (AvgIpc) is 3.20. The quantitative estimate of drug-likeness (QED) is 0.367. The number of benzene rings is 1. The number of halogens is 1. The summed E-state index contributed by atoms with van der Waals surface area (Å²) in [7, 11) is 0. The predicted octanol–water partition coefficient (Wildman–Crippen LogP) is 5.46. The molecule has 4 aromatic rings. The number of ether oxygens (including phenoxy) is 2. The Balaban J connectivity index is 1.35. The molecule has 0 fully saturated rings. The van der Waals surface area contributed by atoms with Crippen LogP contribution in [-0.4, -0.2) is 32.7 Å². The average molecular weight is 508 g/mol. The molecule has 186 valence electrons. The summed E-state index contributed by atoms with van der Waals surface area (Å²) in [5.41, 5.74) is 1.79. The van der Waals surface area contributed by atoms with Gasteiger partial charge < -0.3 is 14.4 Å². The molecule has 7 nitrogen and oxygen atoms in total. The highest BCUT2D eigenvalue weighted by Gasteiger charge is 2.28. The number of pyridine rings is 2. The van der Waals surface area contributed by atoms with E-state index in [1.54, 1.807) is 39.1 Å². The first kappa shape index (κ1) is 24.0. The SMILES string of the molecule is CC(C)(C)OC(=O)N1CCc2c(sc3ccc(-n4ccc(OCc5ccc(F)cn5)cc4=O)cc23)C1. The Morgan fingerprint density at radius 2 is 2.00 bits per heavy atom. The van der Waals surface area contributed by atoms with E-state index in [9.17, 15) is 14.0 Å². The molecule has 0 saturated carbocycles. The first-order valence-corrected chi connectivity index (χ1v) is 12.5. The molecule has 0 radical (unpaired) electrons. The summed E-state index contributed by atoms with van der Waals surface area (Å²) in [4.78, 5) is 32.2. The summed E-state index contributed by atoms with van der Waals surface area (Å²) in [6, 6.07) is 12.0. The molecule has 1 aliphatic rings. The van der Waals surface area contributed by atoms with Crippen molar-refractivity contribution < 1.29 is 18.7 Å². The van der Waals surface area contributed by atoms with Gasteiger partial charge in [-0.3, -0.25) is 14.3 Å². The van der Waals surface area contributed by atoms with E-state index >= 15 is 0 Å². The van der Waals surface area contributed by atoms with E-state index in [0.717, 1.165) is 33.3 Å². The molecule has 1 amide bonds. The molecule has 0 bridgehead atoms. The smallest absolute Gasteiger partial charge is 0.410 e. The summed E-state index contributed by atoms with van der Waals surface area (Å²) in [5.74, 6) is 0.00386. The Hall–Kier alpha value is -3.72. The fourth-order valence-corrected chi connectivity index (χ4v) is 5.38. The molecular formula is C27H26FN3O4S. The molecule has 36 heavy (non-hydrogen) atoms. The fraction of sp³-hybridized carbons (Fsp3) is 0.296. The summed E-state index contributed by atoms with van der Waals surface area (Å²) in [6.45, 7) is 6.84. The largest absolute Gasteiger partial charge is 0.487 e. The Morgan fingerprint density at radius 3 is 2.72 bits per heavy atom. The molecule has 0 aliphatic carbocycles. The lowest BCUT2D eigenvalue weighted by Gasteiger charge is -2.30. The van der Waals surface area contributed by atoms with Gasteiger partial charge in [0.25, 0.3) is 5.56 Å². The van der Waals surface area contributed by atoms with Crippen molar-refractivity contribution in [3.8, 4) is 11.4 Å². The van der Waals surface area contributed by atoms with Gasteiger partial charge in [-0.1, -0.05) is 0 Å². The summed E-state index contributed by atoms with van der Waals surface area (Å²) in [5, 5.41) is 1.10. The number of fused-ring (bicyclic) bond motifs is 3. The van der Waals surface area contributed by atoms with Crippen molar-refractivity contribution in [1.29, 1.82) is 0 Å². The maximum Gasteiger partial charge on any atom is 0.410 e. The lowest BCUT2D eigenvalue weighted by Crippen LogP contribution is -2.39. The second kappa shape index (κ2) is 9.39. The first-order valence-electron chi connectivity index (χ1n) is 11.6. The van der Waals surface area contributed by atoms with E-state index in [0.29, 0.717) is 24.5 Å². The van der Waals surface area contributed by atoms with Crippen LogP contribution in [0, 0.1) is 5.82 Å². The molecule has 0 atom stereocenters. The van der Waals surface area contributed by atoms with Gasteiger partial charge >= 0.3 is 6.09 Å². The third-order valence-electron chi connectivity index (χ3n) is 5.82. The van der Waals surface area contributed by atoms with Crippen molar-refractivity contribution in [3.05, 3.63) is 87.2 Å². The highest BCUT2D eigenvalue weighted by Crippen LogP contribution is 2.36. The van der Waals surface area contributed by atoms with Crippen LogP contribution in [0.5, 0.6) is 5.75 Å². The van der Waals surface area contributed by atoms with E-state index in [1.807, 2.05) is 39.0 Å². The van der Waals surface area contributed by atoms with E-state index in [1.165, 1.54) is 17.7 Å². The third kappa shape index (κ3) is 5.11. The molecule has 1 aromatic carbocycles. The summed E-state index contributed by atoms with van der Waals surface area (Å²) >= 11 is 1.67. The minimum absolute atomic E-state index is 0.136. The Morgan fingerprint density at radius 1 is 1.17 bits per heavy atom. The number of aromatic nitrogens is 2. The van der Waals surface area contributed by atoms with Crippen molar-refractivity contribution in [2.75, 3.05) is 6.54 Å². The highest BCUT2D eigenvalue weighted by molar-refractivity contribution is 7.19. The summed E-state index contributed by atoms with van der Waals surface area (Å²) < 4.78 is 26.9. The van der Waals surface area contributed by atoms with Crippen LogP contribution in [0.4, 0.5) is 9.18 Å². The van der Waals surface area contributed by atoms with Crippen molar-refractivity contribution in [1.82, 2.24) is 14.5 Å². The summed E-state index contributed by atoms with van der Waals surface area (Å²) in [6.07, 6.45) is 3.25. The van der Waals surface area contributed by atoms with E-state index < -0.39 is 11.4 Å². The van der Waals surface area contributed by atoms with Gasteiger partial charge in [0.2, 0.25) is 0 Å². The van der Waals surface area contributed by atoms with Crippen LogP contribution in [0.3, 0.4) is 0 Å². The number of rotatable bonds is 4. The molecule has 5 rings (SSSR count). The number of thiophene rings is 1. The third-order valence-corrected chi connectivity index (χ3v) is 7.02. The van der Waals surface area contributed by atoms with Crippen LogP contribution in [0.15, 0.2) is 59.7 Å². The van der Waals surface area contributed by atoms with Crippen molar-refractivity contribution in [2.45, 2.75) is 45.9 Å². The molecule has 0 N–H and O–H groups in total. The standard InChI is InChI=1S/C27H26FN3O4S/c1-27(2,3)35-26(33)30-10-9-21-22-12-19(6-7-23(22)36-24(21)15-30)31-11-8-20(13-25(31)32)34-16-18-5-4-17(28)14-29-18/h4-8,11-14H,9-10,15-16H2,1-3H3. The molecular weight excluding hydrogens is 481 g/mol. The van der Waals surface area contributed by atoms with Gasteiger partial charge in [-0.15, -0.1) is 11.3 Å². The predicted molar refractivity (Wildman–Crippen MR) is 136 cm³/mol. The number of nitrogens with zero attached hydrogens (tertiary/aromatic N) is 3. The van der Waals surface area contributed by atoms with Crippen LogP contribution in [-0.2, 0) is 24.3 Å². The van der Waals surface area contributed by atoms with Gasteiger partial charge in [0.1, 0.15) is 23.8 Å². The monoisotopic (exact) mass is 507 g/mol. The minimum atomic E-state index is -0.530. The van der Waals surface area contributed by atoms with Gasteiger partial charge in [0, 0.05) is 34.1 Å². The molecule has 3 aromatic heterocycles. The topological polar surface area (TPSA) is 73.7 Å². The van der Waals surface area contributed by atoms with Gasteiger partial charge in [0.15, 0.2) is 0 Å². The van der Waals surface area contributed by atoms with Crippen LogP contribution in [0.1, 0.15) is 36.9 Å². The van der Waals surface area contributed by atoms with Crippen molar-refractivity contribution in [3.63, 3.8) is 0 Å². The second-order valence-electron chi connectivity index (χ2n) is 9.66. The Labute approximate surface area is 211 Å². The van der Waals surface area contributed by atoms with Gasteiger partial charge in [0.05, 0.1) is 18.4 Å². The van der Waals surface area contributed by atoms with Gasteiger partial charge in [-0.2, -0.15) is 0 Å². The molecule has 0 unspecified atom stereocenters. The Kier molecular flexibility index (Phi) is 6.26. The molecule has 9 heteroatoms.